The van der Waals surface area contributed by atoms with Crippen molar-refractivity contribution in [3.05, 3.63) is 12.2 Å². The van der Waals surface area contributed by atoms with Gasteiger partial charge >= 0.3 is 0 Å². The van der Waals surface area contributed by atoms with Crippen LogP contribution in [0.2, 0.25) is 0 Å². The van der Waals surface area contributed by atoms with Crippen LogP contribution in [0.4, 0.5) is 0 Å². The summed E-state index contributed by atoms with van der Waals surface area (Å²) in [7, 11) is 0. The van der Waals surface area contributed by atoms with Crippen LogP contribution < -0.4 is 0 Å². The molecule has 0 bridgehead atoms. The van der Waals surface area contributed by atoms with Gasteiger partial charge in [-0.2, -0.15) is 0 Å². The molecule has 0 aromatic rings. The zero-order valence-corrected chi connectivity index (χ0v) is 5.18. The van der Waals surface area contributed by atoms with Gasteiger partial charge in [0.05, 0.1) is 0 Å². The molecule has 0 heterocycles. The zero-order valence-electron chi connectivity index (χ0n) is 5.18. The Kier molecular flexibility index (Phi) is 3.76. The van der Waals surface area contributed by atoms with Gasteiger partial charge in [-0.15, -0.1) is 0 Å². The highest BCUT2D eigenvalue weighted by atomic mass is 14.8. The van der Waals surface area contributed by atoms with Gasteiger partial charge in [0.25, 0.3) is 0 Å². The van der Waals surface area contributed by atoms with E-state index in [2.05, 4.69) is 4.99 Å². The van der Waals surface area contributed by atoms with E-state index in [1.807, 2.05) is 13.0 Å². The Morgan fingerprint density at radius 3 is 2.62 bits per heavy atom. The molecule has 0 aliphatic rings. The first-order valence-electron chi connectivity index (χ1n) is 2.48. The first kappa shape index (κ1) is 7.08. The van der Waals surface area contributed by atoms with Crippen molar-refractivity contribution in [3.63, 3.8) is 0 Å². The van der Waals surface area contributed by atoms with Gasteiger partial charge in [0.15, 0.2) is 0 Å². The Labute approximate surface area is 49.5 Å². The molecule has 0 saturated heterocycles. The van der Waals surface area contributed by atoms with Crippen LogP contribution in [0.3, 0.4) is 0 Å². The first-order chi connectivity index (χ1) is 3.77. The van der Waals surface area contributed by atoms with Gasteiger partial charge in [-0.1, -0.05) is 6.08 Å². The van der Waals surface area contributed by atoms with Gasteiger partial charge in [-0.05, 0) is 19.9 Å². The van der Waals surface area contributed by atoms with E-state index >= 15 is 0 Å². The van der Waals surface area contributed by atoms with Crippen LogP contribution in [0, 0.1) is 5.41 Å². The fourth-order valence-corrected chi connectivity index (χ4v) is 0.241. The van der Waals surface area contributed by atoms with E-state index in [4.69, 9.17) is 5.41 Å². The number of hydrogen-bond donors (Lipinski definition) is 1. The molecular formula is C6H10N2. The lowest BCUT2D eigenvalue weighted by molar-refractivity contribution is 1.42. The Hall–Kier alpha value is -0.920. The average molecular weight is 110 g/mol. The molecule has 0 fully saturated rings. The van der Waals surface area contributed by atoms with Crippen LogP contribution in [0.1, 0.15) is 13.8 Å². The Morgan fingerprint density at radius 2 is 2.25 bits per heavy atom. The van der Waals surface area contributed by atoms with Crippen LogP contribution in [0.15, 0.2) is 17.1 Å². The molecule has 0 aromatic carbocycles. The predicted octanol–water partition coefficient (Wildman–Crippen LogP) is 1.63. The van der Waals surface area contributed by atoms with Crippen LogP contribution in [0.25, 0.3) is 0 Å². The lowest BCUT2D eigenvalue weighted by Crippen LogP contribution is -1.78. The summed E-state index contributed by atoms with van der Waals surface area (Å²) in [6, 6.07) is 0. The highest BCUT2D eigenvalue weighted by molar-refractivity contribution is 5.88. The van der Waals surface area contributed by atoms with Crippen molar-refractivity contribution in [2.75, 3.05) is 0 Å². The van der Waals surface area contributed by atoms with Crippen molar-refractivity contribution in [3.8, 4) is 0 Å². The summed E-state index contributed by atoms with van der Waals surface area (Å²) in [5, 5.41) is 6.84. The maximum Gasteiger partial charge on any atom is 0.117 e. The molecule has 0 atom stereocenters. The number of allylic oxidation sites excluding steroid dienone is 2. The summed E-state index contributed by atoms with van der Waals surface area (Å²) < 4.78 is 0. The van der Waals surface area contributed by atoms with E-state index in [1.54, 1.807) is 19.2 Å². The summed E-state index contributed by atoms with van der Waals surface area (Å²) in [4.78, 5) is 3.69. The van der Waals surface area contributed by atoms with Gasteiger partial charge in [0, 0.05) is 6.21 Å². The van der Waals surface area contributed by atoms with Crippen molar-refractivity contribution < 1.29 is 0 Å². The van der Waals surface area contributed by atoms with Crippen molar-refractivity contribution >= 4 is 12.1 Å². The summed E-state index contributed by atoms with van der Waals surface area (Å²) >= 11 is 0. The number of nitrogens with one attached hydrogen (secondary N) is 1. The topological polar surface area (TPSA) is 36.2 Å². The fourth-order valence-electron chi connectivity index (χ4n) is 0.241. The molecular weight excluding hydrogens is 100 g/mol. The van der Waals surface area contributed by atoms with Gasteiger partial charge in [0.1, 0.15) is 5.84 Å². The van der Waals surface area contributed by atoms with Crippen LogP contribution in [-0.2, 0) is 0 Å². The van der Waals surface area contributed by atoms with Gasteiger partial charge in [-0.3, -0.25) is 5.41 Å². The third-order valence-corrected chi connectivity index (χ3v) is 0.547. The van der Waals surface area contributed by atoms with Crippen molar-refractivity contribution in [2.45, 2.75) is 13.8 Å². The molecule has 0 spiro atoms. The summed E-state index contributed by atoms with van der Waals surface area (Å²) in [6.07, 6.45) is 5.26. The van der Waals surface area contributed by atoms with Crippen molar-refractivity contribution in [1.29, 1.82) is 5.41 Å². The maximum absolute atomic E-state index is 6.84. The second-order valence-electron chi connectivity index (χ2n) is 1.39. The highest BCUT2D eigenvalue weighted by Gasteiger charge is 1.69. The molecule has 0 aromatic heterocycles. The summed E-state index contributed by atoms with van der Waals surface area (Å²) in [5.41, 5.74) is 0. The average Bonchev–Trinajstić information content (AvgIpc) is 1.66. The van der Waals surface area contributed by atoms with Crippen molar-refractivity contribution in [1.82, 2.24) is 0 Å². The molecule has 0 unspecified atom stereocenters. The smallest absolute Gasteiger partial charge is 0.117 e. The molecule has 1 N–H and O–H groups in total. The van der Waals surface area contributed by atoms with Crippen molar-refractivity contribution in [2.24, 2.45) is 4.99 Å². The normalized spacial score (nSPS) is 11.2. The number of amidine groups is 1. The Morgan fingerprint density at radius 1 is 1.62 bits per heavy atom. The summed E-state index contributed by atoms with van der Waals surface area (Å²) in [6.45, 7) is 3.55. The van der Waals surface area contributed by atoms with E-state index in [0.717, 1.165) is 0 Å². The molecule has 0 saturated carbocycles. The third kappa shape index (κ3) is 5.08. The van der Waals surface area contributed by atoms with Gasteiger partial charge in [0.2, 0.25) is 0 Å². The van der Waals surface area contributed by atoms with E-state index in [-0.39, 0.29) is 0 Å². The van der Waals surface area contributed by atoms with E-state index in [9.17, 15) is 0 Å². The lowest BCUT2D eigenvalue weighted by atomic mass is 10.5. The first-order valence-corrected chi connectivity index (χ1v) is 2.48. The molecule has 8 heavy (non-hydrogen) atoms. The molecule has 0 radical (unpaired) electrons. The minimum atomic E-state index is 0.336. The zero-order chi connectivity index (χ0) is 6.41. The number of aliphatic imine (C=N–C) groups is 1. The molecule has 2 heteroatoms. The van der Waals surface area contributed by atoms with Gasteiger partial charge in [-0.25, -0.2) is 4.99 Å². The van der Waals surface area contributed by atoms with Crippen LogP contribution >= 0.6 is 0 Å². The largest absolute Gasteiger partial charge is 0.287 e. The lowest BCUT2D eigenvalue weighted by Gasteiger charge is -1.76. The Bertz CT molecular complexity index is 122. The molecule has 44 valence electrons. The minimum absolute atomic E-state index is 0.336. The molecule has 0 aliphatic carbocycles. The quantitative estimate of drug-likeness (QED) is 0.393. The second-order valence-corrected chi connectivity index (χ2v) is 1.39. The molecule has 0 aliphatic heterocycles. The van der Waals surface area contributed by atoms with E-state index in [1.165, 1.54) is 0 Å². The molecule has 0 amide bonds. The number of rotatable bonds is 1. The number of nitrogens with zero attached hydrogens (tertiary/aromatic N) is 1. The SMILES string of the molecule is C/C=C\C=N/C(C)=N. The molecule has 2 nitrogen and oxygen atoms in total. The summed E-state index contributed by atoms with van der Waals surface area (Å²) in [5.74, 6) is 0.336. The standard InChI is InChI=1S/C6H10N2/c1-3-4-5-8-6(2)7/h3-5,7H,1-2H3/b4-3-,7-6?,8-5-. The van der Waals surface area contributed by atoms with E-state index < -0.39 is 0 Å². The highest BCUT2D eigenvalue weighted by Crippen LogP contribution is 1.70. The minimum Gasteiger partial charge on any atom is -0.287 e. The molecule has 0 rings (SSSR count). The van der Waals surface area contributed by atoms with E-state index in [0.29, 0.717) is 5.84 Å². The predicted molar refractivity (Wildman–Crippen MR) is 36.7 cm³/mol. The maximum atomic E-state index is 6.84. The van der Waals surface area contributed by atoms with Gasteiger partial charge < -0.3 is 0 Å². The fraction of sp³-hybridized carbons (Fsp3) is 0.333. The second kappa shape index (κ2) is 4.24. The van der Waals surface area contributed by atoms with Crippen LogP contribution in [-0.4, -0.2) is 12.1 Å². The third-order valence-electron chi connectivity index (χ3n) is 0.547. The number of hydrogen-bond acceptors (Lipinski definition) is 1. The monoisotopic (exact) mass is 110 g/mol. The van der Waals surface area contributed by atoms with Crippen LogP contribution in [0.5, 0.6) is 0 Å². The Balaban J connectivity index is 3.50.